The molecule has 10 heteroatoms. The Morgan fingerprint density at radius 3 is 2.43 bits per heavy atom. The number of carbonyl (C=O) groups excluding carboxylic acids is 3. The Balaban J connectivity index is 1.89. The summed E-state index contributed by atoms with van der Waals surface area (Å²) in [5.74, 6) is -1.28. The van der Waals surface area contributed by atoms with Gasteiger partial charge in [-0.3, -0.25) is 30.3 Å². The van der Waals surface area contributed by atoms with E-state index < -0.39 is 22.8 Å². The highest BCUT2D eigenvalue weighted by Crippen LogP contribution is 2.29. The molecule has 1 fully saturated rings. The molecule has 10 nitrogen and oxygen atoms in total. The Labute approximate surface area is 157 Å². The molecule has 3 rings (SSSR count). The number of nitro benzene ring substituents is 1. The second-order valence-electron chi connectivity index (χ2n) is 5.52. The summed E-state index contributed by atoms with van der Waals surface area (Å²) in [7, 11) is 0. The zero-order valence-corrected chi connectivity index (χ0v) is 14.0. The van der Waals surface area contributed by atoms with Crippen LogP contribution >= 0.6 is 0 Å². The van der Waals surface area contributed by atoms with Gasteiger partial charge in [-0.1, -0.05) is 12.1 Å². The molecule has 1 aliphatic heterocycles. The molecule has 0 aromatic heterocycles. The molecule has 0 aliphatic carbocycles. The van der Waals surface area contributed by atoms with Gasteiger partial charge in [0, 0.05) is 12.1 Å². The standard InChI is InChI=1S/C18H10N4O6/c19-9-11-8-12(22(26)27)4-5-15(11)28-13-3-1-2-10(6-13)7-14-16(23)20-18(25)21-17(14)24/h1-8H,(H2,20,21,23,24,25). The first-order chi connectivity index (χ1) is 13.4. The van der Waals surface area contributed by atoms with E-state index in [0.29, 0.717) is 5.56 Å². The maximum atomic E-state index is 11.8. The van der Waals surface area contributed by atoms with Crippen LogP contribution in [0.5, 0.6) is 11.5 Å². The van der Waals surface area contributed by atoms with Gasteiger partial charge in [0.1, 0.15) is 28.7 Å². The lowest BCUT2D eigenvalue weighted by atomic mass is 10.1. The molecule has 1 heterocycles. The van der Waals surface area contributed by atoms with Crippen LogP contribution in [0.15, 0.2) is 48.0 Å². The Bertz CT molecular complexity index is 1080. The summed E-state index contributed by atoms with van der Waals surface area (Å²) in [4.78, 5) is 44.8. The SMILES string of the molecule is N#Cc1cc([N+](=O)[O-])ccc1Oc1cccc(C=C2C(=O)NC(=O)NC2=O)c1. The van der Waals surface area contributed by atoms with Crippen molar-refractivity contribution >= 4 is 29.6 Å². The minimum Gasteiger partial charge on any atom is -0.456 e. The van der Waals surface area contributed by atoms with Crippen LogP contribution in [0, 0.1) is 21.4 Å². The average molecular weight is 378 g/mol. The lowest BCUT2D eigenvalue weighted by Gasteiger charge is -2.14. The molecule has 0 atom stereocenters. The number of nitrogens with zero attached hydrogens (tertiary/aromatic N) is 2. The largest absolute Gasteiger partial charge is 0.456 e. The Morgan fingerprint density at radius 1 is 1.07 bits per heavy atom. The maximum absolute atomic E-state index is 11.8. The smallest absolute Gasteiger partial charge is 0.328 e. The van der Waals surface area contributed by atoms with E-state index in [2.05, 4.69) is 0 Å². The van der Waals surface area contributed by atoms with E-state index in [9.17, 15) is 29.8 Å². The highest BCUT2D eigenvalue weighted by Gasteiger charge is 2.27. The zero-order chi connectivity index (χ0) is 20.3. The van der Waals surface area contributed by atoms with Crippen LogP contribution in [0.2, 0.25) is 0 Å². The number of barbiturate groups is 1. The third-order valence-electron chi connectivity index (χ3n) is 3.63. The number of imide groups is 2. The minimum atomic E-state index is -0.897. The lowest BCUT2D eigenvalue weighted by Crippen LogP contribution is -2.51. The van der Waals surface area contributed by atoms with Gasteiger partial charge in [-0.2, -0.15) is 5.26 Å². The van der Waals surface area contributed by atoms with Crippen molar-refractivity contribution in [3.05, 3.63) is 69.3 Å². The molecule has 0 saturated carbocycles. The number of nitriles is 1. The first-order valence-electron chi connectivity index (χ1n) is 7.72. The van der Waals surface area contributed by atoms with Gasteiger partial charge in [0.05, 0.1) is 4.92 Å². The summed E-state index contributed by atoms with van der Waals surface area (Å²) in [6, 6.07) is 10.8. The van der Waals surface area contributed by atoms with Crippen molar-refractivity contribution in [1.29, 1.82) is 5.26 Å². The fourth-order valence-electron chi connectivity index (χ4n) is 2.38. The fourth-order valence-corrected chi connectivity index (χ4v) is 2.38. The first kappa shape index (κ1) is 18.3. The van der Waals surface area contributed by atoms with Crippen molar-refractivity contribution in [1.82, 2.24) is 10.6 Å². The van der Waals surface area contributed by atoms with Gasteiger partial charge in [0.15, 0.2) is 0 Å². The molecule has 138 valence electrons. The van der Waals surface area contributed by atoms with E-state index in [1.54, 1.807) is 18.2 Å². The van der Waals surface area contributed by atoms with Crippen molar-refractivity contribution < 1.29 is 24.0 Å². The van der Waals surface area contributed by atoms with Gasteiger partial charge >= 0.3 is 6.03 Å². The van der Waals surface area contributed by atoms with Crippen molar-refractivity contribution in [2.75, 3.05) is 0 Å². The van der Waals surface area contributed by atoms with Crippen molar-refractivity contribution in [3.8, 4) is 17.6 Å². The van der Waals surface area contributed by atoms with E-state index >= 15 is 0 Å². The minimum absolute atomic E-state index is 0.0255. The topological polar surface area (TPSA) is 151 Å². The number of hydrogen-bond acceptors (Lipinski definition) is 7. The number of benzene rings is 2. The van der Waals surface area contributed by atoms with Crippen LogP contribution in [-0.4, -0.2) is 22.8 Å². The predicted octanol–water partition coefficient (Wildman–Crippen LogP) is 2.01. The molecular formula is C18H10N4O6. The highest BCUT2D eigenvalue weighted by molar-refractivity contribution is 6.31. The summed E-state index contributed by atoms with van der Waals surface area (Å²) < 4.78 is 5.61. The number of non-ortho nitro benzene ring substituents is 1. The van der Waals surface area contributed by atoms with Crippen molar-refractivity contribution in [2.24, 2.45) is 0 Å². The molecule has 0 bridgehead atoms. The summed E-state index contributed by atoms with van der Waals surface area (Å²) in [6.45, 7) is 0. The normalized spacial score (nSPS) is 13.2. The molecule has 2 aromatic rings. The quantitative estimate of drug-likeness (QED) is 0.357. The molecule has 0 unspecified atom stereocenters. The molecule has 4 amide bonds. The predicted molar refractivity (Wildman–Crippen MR) is 94.0 cm³/mol. The number of urea groups is 1. The number of hydrogen-bond donors (Lipinski definition) is 2. The number of amides is 4. The Hall–Kier alpha value is -4.52. The van der Waals surface area contributed by atoms with Gasteiger partial charge < -0.3 is 4.74 Å². The van der Waals surface area contributed by atoms with Gasteiger partial charge in [-0.25, -0.2) is 4.79 Å². The van der Waals surface area contributed by atoms with Gasteiger partial charge in [-0.05, 0) is 29.8 Å². The molecule has 1 saturated heterocycles. The third-order valence-corrected chi connectivity index (χ3v) is 3.63. The molecule has 1 aliphatic rings. The Morgan fingerprint density at radius 2 is 1.79 bits per heavy atom. The third kappa shape index (κ3) is 3.83. The van der Waals surface area contributed by atoms with Crippen molar-refractivity contribution in [3.63, 3.8) is 0 Å². The number of rotatable bonds is 4. The molecule has 2 N–H and O–H groups in total. The van der Waals surface area contributed by atoms with Crippen LogP contribution < -0.4 is 15.4 Å². The monoisotopic (exact) mass is 378 g/mol. The average Bonchev–Trinajstić information content (AvgIpc) is 2.65. The Kier molecular flexibility index (Phi) is 4.82. The van der Waals surface area contributed by atoms with Gasteiger partial charge in [-0.15, -0.1) is 0 Å². The van der Waals surface area contributed by atoms with Crippen LogP contribution in [0.4, 0.5) is 10.5 Å². The maximum Gasteiger partial charge on any atom is 0.328 e. The van der Waals surface area contributed by atoms with Crippen LogP contribution in [-0.2, 0) is 9.59 Å². The zero-order valence-electron chi connectivity index (χ0n) is 14.0. The van der Waals surface area contributed by atoms with E-state index in [-0.39, 0.29) is 28.3 Å². The second kappa shape index (κ2) is 7.38. The number of carbonyl (C=O) groups is 3. The second-order valence-corrected chi connectivity index (χ2v) is 5.52. The summed E-state index contributed by atoms with van der Waals surface area (Å²) in [5, 5.41) is 23.9. The molecule has 2 aromatic carbocycles. The fraction of sp³-hybridized carbons (Fsp3) is 0. The summed E-state index contributed by atoms with van der Waals surface area (Å²) in [6.07, 6.45) is 1.27. The molecular weight excluding hydrogens is 368 g/mol. The van der Waals surface area contributed by atoms with Gasteiger partial charge in [0.2, 0.25) is 0 Å². The highest BCUT2D eigenvalue weighted by atomic mass is 16.6. The summed E-state index contributed by atoms with van der Waals surface area (Å²) in [5.41, 5.74) is -0.105. The summed E-state index contributed by atoms with van der Waals surface area (Å²) >= 11 is 0. The van der Waals surface area contributed by atoms with Crippen LogP contribution in [0.25, 0.3) is 6.08 Å². The molecule has 28 heavy (non-hydrogen) atoms. The van der Waals surface area contributed by atoms with E-state index in [1.165, 1.54) is 24.3 Å². The number of nitrogens with one attached hydrogen (secondary N) is 2. The first-order valence-corrected chi connectivity index (χ1v) is 7.72. The molecule has 0 spiro atoms. The van der Waals surface area contributed by atoms with Crippen molar-refractivity contribution in [2.45, 2.75) is 0 Å². The van der Waals surface area contributed by atoms with E-state index in [4.69, 9.17) is 4.74 Å². The van der Waals surface area contributed by atoms with E-state index in [1.807, 2.05) is 16.7 Å². The number of nitro groups is 1. The van der Waals surface area contributed by atoms with Crippen LogP contribution in [0.1, 0.15) is 11.1 Å². The van der Waals surface area contributed by atoms with Crippen LogP contribution in [0.3, 0.4) is 0 Å². The molecule has 0 radical (unpaired) electrons. The lowest BCUT2D eigenvalue weighted by molar-refractivity contribution is -0.384. The van der Waals surface area contributed by atoms with Gasteiger partial charge in [0.25, 0.3) is 17.5 Å². The number of ether oxygens (including phenoxy) is 1. The van der Waals surface area contributed by atoms with E-state index in [0.717, 1.165) is 6.07 Å².